The maximum absolute atomic E-state index is 3.51. The molecule has 0 radical (unpaired) electrons. The first-order chi connectivity index (χ1) is 7.33. The van der Waals surface area contributed by atoms with Crippen molar-refractivity contribution in [3.05, 3.63) is 22.7 Å². The van der Waals surface area contributed by atoms with Gasteiger partial charge in [-0.05, 0) is 37.6 Å². The van der Waals surface area contributed by atoms with Crippen LogP contribution in [0.15, 0.2) is 22.7 Å². The van der Waals surface area contributed by atoms with Gasteiger partial charge in [-0.1, -0.05) is 15.9 Å². The maximum Gasteiger partial charge on any atom is 0.112 e. The first kappa shape index (κ1) is 9.48. The van der Waals surface area contributed by atoms with Gasteiger partial charge >= 0.3 is 0 Å². The van der Waals surface area contributed by atoms with E-state index in [1.54, 1.807) is 0 Å². The van der Waals surface area contributed by atoms with Gasteiger partial charge in [0.1, 0.15) is 6.17 Å². The molecule has 1 aromatic rings. The molecule has 2 heterocycles. The fourth-order valence-corrected chi connectivity index (χ4v) is 2.69. The smallest absolute Gasteiger partial charge is 0.112 e. The van der Waals surface area contributed by atoms with Gasteiger partial charge in [-0.2, -0.15) is 0 Å². The molecule has 3 N–H and O–H groups in total. The van der Waals surface area contributed by atoms with E-state index in [0.717, 1.165) is 11.0 Å². The van der Waals surface area contributed by atoms with Crippen LogP contribution >= 0.6 is 15.9 Å². The van der Waals surface area contributed by atoms with Crippen LogP contribution in [0.25, 0.3) is 0 Å². The molecule has 2 aliphatic rings. The van der Waals surface area contributed by atoms with E-state index in [0.29, 0.717) is 12.2 Å². The zero-order valence-corrected chi connectivity index (χ0v) is 9.97. The predicted molar refractivity (Wildman–Crippen MR) is 66.2 cm³/mol. The van der Waals surface area contributed by atoms with E-state index in [1.165, 1.54) is 24.2 Å². The van der Waals surface area contributed by atoms with Crippen LogP contribution in [-0.4, -0.2) is 18.8 Å². The molecule has 1 saturated heterocycles. The Labute approximate surface area is 97.8 Å². The highest BCUT2D eigenvalue weighted by Crippen LogP contribution is 2.33. The van der Waals surface area contributed by atoms with E-state index in [9.17, 15) is 0 Å². The normalized spacial score (nSPS) is 28.3. The highest BCUT2D eigenvalue weighted by Gasteiger charge is 2.29. The van der Waals surface area contributed by atoms with Crippen LogP contribution in [-0.2, 0) is 0 Å². The summed E-state index contributed by atoms with van der Waals surface area (Å²) in [4.78, 5) is 0. The zero-order chi connectivity index (χ0) is 10.3. The highest BCUT2D eigenvalue weighted by molar-refractivity contribution is 9.10. The van der Waals surface area contributed by atoms with Crippen LogP contribution in [0.3, 0.4) is 0 Å². The van der Waals surface area contributed by atoms with Gasteiger partial charge < -0.3 is 16.0 Å². The van der Waals surface area contributed by atoms with Crippen molar-refractivity contribution in [1.82, 2.24) is 5.32 Å². The van der Waals surface area contributed by atoms with Crippen molar-refractivity contribution in [2.45, 2.75) is 25.0 Å². The summed E-state index contributed by atoms with van der Waals surface area (Å²) in [5.41, 5.74) is 2.40. The molecule has 0 spiro atoms. The largest absolute Gasteiger partial charge is 0.362 e. The van der Waals surface area contributed by atoms with Crippen molar-refractivity contribution in [2.75, 3.05) is 17.2 Å². The van der Waals surface area contributed by atoms with Crippen molar-refractivity contribution in [3.8, 4) is 0 Å². The second kappa shape index (κ2) is 3.68. The molecule has 15 heavy (non-hydrogen) atoms. The molecular formula is C11H14BrN3. The average molecular weight is 268 g/mol. The minimum Gasteiger partial charge on any atom is -0.362 e. The minimum absolute atomic E-state index is 0.344. The zero-order valence-electron chi connectivity index (χ0n) is 8.39. The van der Waals surface area contributed by atoms with Crippen LogP contribution in [0.5, 0.6) is 0 Å². The Hall–Kier alpha value is -0.740. The number of hydrogen-bond donors (Lipinski definition) is 3. The number of fused-ring (bicyclic) bond motifs is 1. The Bertz CT molecular complexity index is 374. The second-order valence-corrected chi connectivity index (χ2v) is 5.07. The molecule has 2 aliphatic heterocycles. The molecule has 3 rings (SSSR count). The molecule has 4 heteroatoms. The lowest BCUT2D eigenvalue weighted by molar-refractivity contribution is 0.554. The molecule has 1 aromatic carbocycles. The molecule has 1 fully saturated rings. The summed E-state index contributed by atoms with van der Waals surface area (Å²) in [5, 5.41) is 10.5. The summed E-state index contributed by atoms with van der Waals surface area (Å²) in [7, 11) is 0. The van der Waals surface area contributed by atoms with Crippen molar-refractivity contribution in [2.24, 2.45) is 0 Å². The predicted octanol–water partition coefficient (Wildman–Crippen LogP) is 2.36. The van der Waals surface area contributed by atoms with Gasteiger partial charge in [0.2, 0.25) is 0 Å². The molecule has 0 amide bonds. The summed E-state index contributed by atoms with van der Waals surface area (Å²) < 4.78 is 1.12. The second-order valence-electron chi connectivity index (χ2n) is 4.16. The summed E-state index contributed by atoms with van der Waals surface area (Å²) in [6.07, 6.45) is 2.88. The maximum atomic E-state index is 3.51. The fourth-order valence-electron chi connectivity index (χ4n) is 2.33. The number of rotatable bonds is 1. The quantitative estimate of drug-likeness (QED) is 0.731. The van der Waals surface area contributed by atoms with Gasteiger partial charge in [0.25, 0.3) is 0 Å². The number of halogens is 1. The van der Waals surface area contributed by atoms with Gasteiger partial charge in [-0.25, -0.2) is 0 Å². The molecule has 2 unspecified atom stereocenters. The Balaban J connectivity index is 1.79. The lowest BCUT2D eigenvalue weighted by Crippen LogP contribution is -2.42. The number of nitrogens with one attached hydrogen (secondary N) is 3. The minimum atomic E-state index is 0.344. The molecule has 0 aliphatic carbocycles. The molecular weight excluding hydrogens is 254 g/mol. The summed E-state index contributed by atoms with van der Waals surface area (Å²) in [6.45, 7) is 1.14. The van der Waals surface area contributed by atoms with Crippen LogP contribution in [0.1, 0.15) is 12.8 Å². The Morgan fingerprint density at radius 3 is 2.87 bits per heavy atom. The first-order valence-electron chi connectivity index (χ1n) is 5.39. The Morgan fingerprint density at radius 1 is 1.20 bits per heavy atom. The Kier molecular flexibility index (Phi) is 2.33. The average Bonchev–Trinajstić information content (AvgIpc) is 2.84. The third-order valence-electron chi connectivity index (χ3n) is 3.10. The van der Waals surface area contributed by atoms with E-state index in [2.05, 4.69) is 50.1 Å². The van der Waals surface area contributed by atoms with Crippen LogP contribution in [0.2, 0.25) is 0 Å². The summed E-state index contributed by atoms with van der Waals surface area (Å²) in [6, 6.07) is 6.85. The molecule has 2 atom stereocenters. The SMILES string of the molecule is Brc1ccc2c(c1)NC(C1CCCN1)N2. The standard InChI is InChI=1S/C11H14BrN3/c12-7-3-4-8-10(6-7)15-11(14-8)9-2-1-5-13-9/h3-4,6,9,11,13-15H,1-2,5H2. The fraction of sp³-hybridized carbons (Fsp3) is 0.455. The number of benzene rings is 1. The number of anilines is 2. The molecule has 80 valence electrons. The van der Waals surface area contributed by atoms with Gasteiger partial charge in [0, 0.05) is 10.5 Å². The van der Waals surface area contributed by atoms with Crippen molar-refractivity contribution in [1.29, 1.82) is 0 Å². The van der Waals surface area contributed by atoms with Gasteiger partial charge in [-0.3, -0.25) is 0 Å². The van der Waals surface area contributed by atoms with Crippen molar-refractivity contribution >= 4 is 27.3 Å². The number of hydrogen-bond acceptors (Lipinski definition) is 3. The first-order valence-corrected chi connectivity index (χ1v) is 6.18. The summed E-state index contributed by atoms with van der Waals surface area (Å²) in [5.74, 6) is 0. The van der Waals surface area contributed by atoms with E-state index in [4.69, 9.17) is 0 Å². The molecule has 0 saturated carbocycles. The summed E-state index contributed by atoms with van der Waals surface area (Å²) >= 11 is 3.48. The van der Waals surface area contributed by atoms with E-state index in [1.807, 2.05) is 0 Å². The third kappa shape index (κ3) is 1.72. The molecule has 0 bridgehead atoms. The van der Waals surface area contributed by atoms with Crippen LogP contribution in [0, 0.1) is 0 Å². The van der Waals surface area contributed by atoms with Crippen molar-refractivity contribution in [3.63, 3.8) is 0 Å². The lowest BCUT2D eigenvalue weighted by Gasteiger charge is -2.19. The monoisotopic (exact) mass is 267 g/mol. The van der Waals surface area contributed by atoms with E-state index in [-0.39, 0.29) is 0 Å². The highest BCUT2D eigenvalue weighted by atomic mass is 79.9. The van der Waals surface area contributed by atoms with Crippen LogP contribution < -0.4 is 16.0 Å². The lowest BCUT2D eigenvalue weighted by atomic mass is 10.2. The van der Waals surface area contributed by atoms with Gasteiger partial charge in [-0.15, -0.1) is 0 Å². The van der Waals surface area contributed by atoms with E-state index < -0.39 is 0 Å². The van der Waals surface area contributed by atoms with E-state index >= 15 is 0 Å². The third-order valence-corrected chi connectivity index (χ3v) is 3.60. The molecule has 3 nitrogen and oxygen atoms in total. The van der Waals surface area contributed by atoms with Gasteiger partial charge in [0.15, 0.2) is 0 Å². The van der Waals surface area contributed by atoms with Crippen molar-refractivity contribution < 1.29 is 0 Å². The Morgan fingerprint density at radius 2 is 2.07 bits per heavy atom. The topological polar surface area (TPSA) is 36.1 Å². The molecule has 0 aromatic heterocycles. The van der Waals surface area contributed by atoms with Crippen LogP contribution in [0.4, 0.5) is 11.4 Å². The van der Waals surface area contributed by atoms with Gasteiger partial charge in [0.05, 0.1) is 11.4 Å².